The standard InChI is InChI=1S/C12H13N3O2/c1-9(12(16)17-2)15-8-10(7-14-15)11-5-3-4-6-13-11/h3-9H,1-2H3/t9-/m1/s1. The number of pyridine rings is 1. The van der Waals surface area contributed by atoms with Gasteiger partial charge >= 0.3 is 5.97 Å². The van der Waals surface area contributed by atoms with Gasteiger partial charge in [0.1, 0.15) is 6.04 Å². The molecule has 0 aliphatic carbocycles. The lowest BCUT2D eigenvalue weighted by molar-refractivity contribution is -0.144. The minimum absolute atomic E-state index is 0.319. The molecule has 0 fully saturated rings. The molecule has 0 unspecified atom stereocenters. The third-order valence-electron chi connectivity index (χ3n) is 2.50. The van der Waals surface area contributed by atoms with Crippen LogP contribution in [0.15, 0.2) is 36.8 Å². The summed E-state index contributed by atoms with van der Waals surface area (Å²) < 4.78 is 6.23. The van der Waals surface area contributed by atoms with Crippen molar-refractivity contribution in [1.82, 2.24) is 14.8 Å². The van der Waals surface area contributed by atoms with Crippen LogP contribution in [0.5, 0.6) is 0 Å². The Morgan fingerprint density at radius 2 is 2.29 bits per heavy atom. The SMILES string of the molecule is COC(=O)[C@@H](C)n1cc(-c2ccccn2)cn1. The number of rotatable bonds is 3. The van der Waals surface area contributed by atoms with Crippen molar-refractivity contribution in [3.05, 3.63) is 36.8 Å². The topological polar surface area (TPSA) is 57.0 Å². The number of hydrogen-bond acceptors (Lipinski definition) is 4. The number of ether oxygens (including phenoxy) is 1. The summed E-state index contributed by atoms with van der Waals surface area (Å²) in [6, 6.07) is 5.22. The van der Waals surface area contributed by atoms with Gasteiger partial charge in [0.2, 0.25) is 0 Å². The van der Waals surface area contributed by atoms with Gasteiger partial charge in [-0.05, 0) is 19.1 Å². The predicted octanol–water partition coefficient (Wildman–Crippen LogP) is 1.68. The fourth-order valence-corrected chi connectivity index (χ4v) is 1.49. The molecular formula is C12H13N3O2. The van der Waals surface area contributed by atoms with Crippen molar-refractivity contribution in [3.8, 4) is 11.3 Å². The first-order valence-electron chi connectivity index (χ1n) is 5.25. The van der Waals surface area contributed by atoms with E-state index in [1.807, 2.05) is 18.2 Å². The highest BCUT2D eigenvalue weighted by atomic mass is 16.5. The van der Waals surface area contributed by atoms with Gasteiger partial charge in [0.25, 0.3) is 0 Å². The van der Waals surface area contributed by atoms with Gasteiger partial charge in [0, 0.05) is 18.0 Å². The van der Waals surface area contributed by atoms with Crippen LogP contribution in [-0.2, 0) is 9.53 Å². The second-order valence-electron chi connectivity index (χ2n) is 3.62. The zero-order valence-corrected chi connectivity index (χ0v) is 9.70. The predicted molar refractivity (Wildman–Crippen MR) is 62.2 cm³/mol. The number of hydrogen-bond donors (Lipinski definition) is 0. The summed E-state index contributed by atoms with van der Waals surface area (Å²) in [5, 5.41) is 4.14. The van der Waals surface area contributed by atoms with Gasteiger partial charge < -0.3 is 4.74 Å². The molecule has 17 heavy (non-hydrogen) atoms. The Hall–Kier alpha value is -2.17. The minimum atomic E-state index is -0.433. The van der Waals surface area contributed by atoms with Gasteiger partial charge in [0.15, 0.2) is 0 Å². The summed E-state index contributed by atoms with van der Waals surface area (Å²) in [5.74, 6) is -0.319. The molecule has 0 bridgehead atoms. The molecule has 88 valence electrons. The van der Waals surface area contributed by atoms with Crippen LogP contribution in [0.25, 0.3) is 11.3 Å². The van der Waals surface area contributed by atoms with Crippen molar-refractivity contribution >= 4 is 5.97 Å². The van der Waals surface area contributed by atoms with Crippen molar-refractivity contribution in [2.45, 2.75) is 13.0 Å². The number of methoxy groups -OCH3 is 1. The average Bonchev–Trinajstić information content (AvgIpc) is 2.87. The van der Waals surface area contributed by atoms with Crippen LogP contribution in [0, 0.1) is 0 Å². The first-order valence-corrected chi connectivity index (χ1v) is 5.25. The lowest BCUT2D eigenvalue weighted by Gasteiger charge is -2.08. The molecule has 2 rings (SSSR count). The zero-order valence-electron chi connectivity index (χ0n) is 9.70. The number of aromatic nitrogens is 3. The van der Waals surface area contributed by atoms with Gasteiger partial charge in [-0.1, -0.05) is 6.07 Å². The maximum atomic E-state index is 11.4. The van der Waals surface area contributed by atoms with Crippen LogP contribution in [0.1, 0.15) is 13.0 Å². The van der Waals surface area contributed by atoms with Gasteiger partial charge in [-0.2, -0.15) is 5.10 Å². The Labute approximate surface area is 99.1 Å². The Kier molecular flexibility index (Phi) is 3.18. The molecule has 5 nitrogen and oxygen atoms in total. The van der Waals surface area contributed by atoms with E-state index in [-0.39, 0.29) is 5.97 Å². The second kappa shape index (κ2) is 4.78. The van der Waals surface area contributed by atoms with E-state index >= 15 is 0 Å². The van der Waals surface area contributed by atoms with E-state index in [1.165, 1.54) is 7.11 Å². The highest BCUT2D eigenvalue weighted by Gasteiger charge is 2.16. The molecule has 2 heterocycles. The summed E-state index contributed by atoms with van der Waals surface area (Å²) in [4.78, 5) is 15.6. The average molecular weight is 231 g/mol. The first-order chi connectivity index (χ1) is 8.22. The number of esters is 1. The van der Waals surface area contributed by atoms with E-state index in [0.717, 1.165) is 11.3 Å². The Morgan fingerprint density at radius 1 is 1.47 bits per heavy atom. The molecule has 2 aromatic rings. The van der Waals surface area contributed by atoms with E-state index in [2.05, 4.69) is 14.8 Å². The van der Waals surface area contributed by atoms with Gasteiger partial charge in [0.05, 0.1) is 19.0 Å². The quantitative estimate of drug-likeness (QED) is 0.754. The minimum Gasteiger partial charge on any atom is -0.467 e. The molecule has 0 spiro atoms. The van der Waals surface area contributed by atoms with E-state index in [9.17, 15) is 4.79 Å². The lowest BCUT2D eigenvalue weighted by atomic mass is 10.2. The first kappa shape index (κ1) is 11.3. The smallest absolute Gasteiger partial charge is 0.330 e. The van der Waals surface area contributed by atoms with Crippen molar-refractivity contribution < 1.29 is 9.53 Å². The maximum absolute atomic E-state index is 11.4. The number of carbonyl (C=O) groups excluding carboxylic acids is 1. The lowest BCUT2D eigenvalue weighted by Crippen LogP contribution is -2.17. The van der Waals surface area contributed by atoms with Crippen LogP contribution in [0.2, 0.25) is 0 Å². The highest BCUT2D eigenvalue weighted by Crippen LogP contribution is 2.17. The molecule has 0 aliphatic rings. The summed E-state index contributed by atoms with van der Waals surface area (Å²) in [6.45, 7) is 1.74. The normalized spacial score (nSPS) is 12.1. The summed E-state index contributed by atoms with van der Waals surface area (Å²) in [5.41, 5.74) is 1.71. The third kappa shape index (κ3) is 2.33. The molecule has 2 aromatic heterocycles. The molecule has 1 atom stereocenters. The molecule has 0 amide bonds. The van der Waals surface area contributed by atoms with Crippen molar-refractivity contribution in [2.75, 3.05) is 7.11 Å². The van der Waals surface area contributed by atoms with Gasteiger partial charge in [-0.15, -0.1) is 0 Å². The second-order valence-corrected chi connectivity index (χ2v) is 3.62. The number of nitrogens with zero attached hydrogens (tertiary/aromatic N) is 3. The van der Waals surface area contributed by atoms with E-state index in [0.29, 0.717) is 0 Å². The summed E-state index contributed by atoms with van der Waals surface area (Å²) >= 11 is 0. The third-order valence-corrected chi connectivity index (χ3v) is 2.50. The van der Waals surface area contributed by atoms with Crippen LogP contribution >= 0.6 is 0 Å². The van der Waals surface area contributed by atoms with E-state index < -0.39 is 6.04 Å². The number of carbonyl (C=O) groups is 1. The van der Waals surface area contributed by atoms with Gasteiger partial charge in [-0.25, -0.2) is 4.79 Å². The molecule has 0 N–H and O–H groups in total. The fourth-order valence-electron chi connectivity index (χ4n) is 1.49. The van der Waals surface area contributed by atoms with E-state index in [4.69, 9.17) is 0 Å². The molecular weight excluding hydrogens is 218 g/mol. The molecule has 0 radical (unpaired) electrons. The fraction of sp³-hybridized carbons (Fsp3) is 0.250. The Morgan fingerprint density at radius 3 is 2.94 bits per heavy atom. The van der Waals surface area contributed by atoms with Crippen molar-refractivity contribution in [2.24, 2.45) is 0 Å². The van der Waals surface area contributed by atoms with Crippen LogP contribution in [0.3, 0.4) is 0 Å². The summed E-state index contributed by atoms with van der Waals surface area (Å²) in [7, 11) is 1.36. The van der Waals surface area contributed by atoms with Crippen LogP contribution < -0.4 is 0 Å². The maximum Gasteiger partial charge on any atom is 0.330 e. The Bertz CT molecular complexity index is 507. The monoisotopic (exact) mass is 231 g/mol. The largest absolute Gasteiger partial charge is 0.467 e. The highest BCUT2D eigenvalue weighted by molar-refractivity contribution is 5.73. The van der Waals surface area contributed by atoms with Crippen LogP contribution in [0.4, 0.5) is 0 Å². The summed E-state index contributed by atoms with van der Waals surface area (Å²) in [6.07, 6.45) is 5.18. The molecule has 0 aromatic carbocycles. The molecule has 0 saturated heterocycles. The zero-order chi connectivity index (χ0) is 12.3. The van der Waals surface area contributed by atoms with E-state index in [1.54, 1.807) is 30.2 Å². The molecule has 5 heteroatoms. The van der Waals surface area contributed by atoms with Gasteiger partial charge in [-0.3, -0.25) is 9.67 Å². The van der Waals surface area contributed by atoms with Crippen molar-refractivity contribution in [3.63, 3.8) is 0 Å². The van der Waals surface area contributed by atoms with Crippen molar-refractivity contribution in [1.29, 1.82) is 0 Å². The molecule has 0 saturated carbocycles. The molecule has 0 aliphatic heterocycles. The van der Waals surface area contributed by atoms with Crippen LogP contribution in [-0.4, -0.2) is 27.8 Å². The Balaban J connectivity index is 2.25.